The van der Waals surface area contributed by atoms with Gasteiger partial charge >= 0.3 is 0 Å². The van der Waals surface area contributed by atoms with Crippen molar-refractivity contribution in [1.29, 1.82) is 0 Å². The summed E-state index contributed by atoms with van der Waals surface area (Å²) in [5, 5.41) is 0. The molecule has 1 aromatic rings. The van der Waals surface area contributed by atoms with E-state index in [-0.39, 0.29) is 5.82 Å². The number of halogens is 1. The van der Waals surface area contributed by atoms with Crippen LogP contribution in [0.1, 0.15) is 24.5 Å². The van der Waals surface area contributed by atoms with E-state index in [1.54, 1.807) is 0 Å². The second-order valence-electron chi connectivity index (χ2n) is 3.05. The second-order valence-corrected chi connectivity index (χ2v) is 3.05. The highest BCUT2D eigenvalue weighted by Gasteiger charge is 2.05. The van der Waals surface area contributed by atoms with E-state index in [1.807, 2.05) is 19.9 Å². The number of benzene rings is 1. The lowest BCUT2D eigenvalue weighted by Gasteiger charge is -2.06. The maximum atomic E-state index is 13.2. The molecule has 0 saturated heterocycles. The first-order valence-corrected chi connectivity index (χ1v) is 4.19. The molecule has 66 valence electrons. The summed E-state index contributed by atoms with van der Waals surface area (Å²) in [6.07, 6.45) is 1.75. The van der Waals surface area contributed by atoms with E-state index in [0.29, 0.717) is 5.69 Å². The molecule has 2 heteroatoms. The van der Waals surface area contributed by atoms with E-state index < -0.39 is 0 Å². The molecule has 0 aromatic heterocycles. The summed E-state index contributed by atoms with van der Waals surface area (Å²) in [7, 11) is 0. The Hall–Kier alpha value is -1.05. The van der Waals surface area contributed by atoms with E-state index in [2.05, 4.69) is 0 Å². The van der Waals surface area contributed by atoms with E-state index >= 15 is 0 Å². The molecule has 0 aliphatic rings. The highest BCUT2D eigenvalue weighted by molar-refractivity contribution is 5.45. The number of nitrogen functional groups attached to an aromatic ring is 1. The van der Waals surface area contributed by atoms with E-state index in [0.717, 1.165) is 24.0 Å². The molecule has 12 heavy (non-hydrogen) atoms. The van der Waals surface area contributed by atoms with Gasteiger partial charge in [0.05, 0.1) is 0 Å². The topological polar surface area (TPSA) is 26.0 Å². The molecule has 0 bridgehead atoms. The number of rotatable bonds is 2. The first-order valence-electron chi connectivity index (χ1n) is 4.19. The summed E-state index contributed by atoms with van der Waals surface area (Å²) in [5.74, 6) is -0.172. The Labute approximate surface area is 72.4 Å². The van der Waals surface area contributed by atoms with Crippen LogP contribution in [0.25, 0.3) is 0 Å². The summed E-state index contributed by atoms with van der Waals surface area (Å²) in [4.78, 5) is 0. The van der Waals surface area contributed by atoms with Gasteiger partial charge in [0.2, 0.25) is 0 Å². The van der Waals surface area contributed by atoms with Gasteiger partial charge in [0.15, 0.2) is 0 Å². The maximum Gasteiger partial charge on any atom is 0.128 e. The van der Waals surface area contributed by atoms with Crippen molar-refractivity contribution in [1.82, 2.24) is 0 Å². The van der Waals surface area contributed by atoms with Crippen molar-refractivity contribution in [3.63, 3.8) is 0 Å². The Balaban J connectivity index is 3.10. The molecule has 1 rings (SSSR count). The molecule has 1 aromatic carbocycles. The third kappa shape index (κ3) is 1.76. The predicted molar refractivity (Wildman–Crippen MR) is 49.5 cm³/mol. The molecule has 0 spiro atoms. The van der Waals surface area contributed by atoms with Gasteiger partial charge in [0.1, 0.15) is 5.82 Å². The van der Waals surface area contributed by atoms with Crippen LogP contribution in [-0.2, 0) is 6.42 Å². The van der Waals surface area contributed by atoms with Crippen molar-refractivity contribution >= 4 is 5.69 Å². The van der Waals surface area contributed by atoms with Gasteiger partial charge in [0, 0.05) is 5.69 Å². The smallest absolute Gasteiger partial charge is 0.128 e. The van der Waals surface area contributed by atoms with E-state index in [4.69, 9.17) is 5.73 Å². The fraction of sp³-hybridized carbons (Fsp3) is 0.400. The summed E-state index contributed by atoms with van der Waals surface area (Å²) in [6, 6.07) is 3.20. The van der Waals surface area contributed by atoms with Crippen molar-refractivity contribution < 1.29 is 4.39 Å². The molecule has 0 radical (unpaired) electrons. The quantitative estimate of drug-likeness (QED) is 0.673. The van der Waals surface area contributed by atoms with Crippen LogP contribution in [0.2, 0.25) is 0 Å². The van der Waals surface area contributed by atoms with Gasteiger partial charge < -0.3 is 5.73 Å². The fourth-order valence-corrected chi connectivity index (χ4v) is 1.37. The molecule has 0 atom stereocenters. The summed E-state index contributed by atoms with van der Waals surface area (Å²) >= 11 is 0. The minimum atomic E-state index is -0.172. The van der Waals surface area contributed by atoms with Gasteiger partial charge in [-0.1, -0.05) is 13.3 Å². The van der Waals surface area contributed by atoms with Gasteiger partial charge in [-0.05, 0) is 36.6 Å². The Bertz CT molecular complexity index is 258. The molecule has 0 amide bonds. The van der Waals surface area contributed by atoms with E-state index in [1.165, 1.54) is 6.07 Å². The van der Waals surface area contributed by atoms with Gasteiger partial charge in [0.25, 0.3) is 0 Å². The minimum Gasteiger partial charge on any atom is -0.399 e. The van der Waals surface area contributed by atoms with Gasteiger partial charge in [-0.3, -0.25) is 0 Å². The fourth-order valence-electron chi connectivity index (χ4n) is 1.37. The van der Waals surface area contributed by atoms with Gasteiger partial charge in [-0.15, -0.1) is 0 Å². The van der Waals surface area contributed by atoms with Crippen LogP contribution in [0.4, 0.5) is 10.1 Å². The lowest BCUT2D eigenvalue weighted by Crippen LogP contribution is -1.96. The zero-order valence-electron chi connectivity index (χ0n) is 7.52. The molecule has 0 heterocycles. The lowest BCUT2D eigenvalue weighted by atomic mass is 10.0. The molecule has 0 saturated carbocycles. The first-order chi connectivity index (χ1) is 5.65. The van der Waals surface area contributed by atoms with Crippen LogP contribution in [-0.4, -0.2) is 0 Å². The monoisotopic (exact) mass is 167 g/mol. The standard InChI is InChI=1S/C10H14FN/c1-3-4-9-7(2)5-8(12)6-10(9)11/h5-6H,3-4,12H2,1-2H3. The van der Waals surface area contributed by atoms with Crippen molar-refractivity contribution in [2.24, 2.45) is 0 Å². The molecule has 1 nitrogen and oxygen atoms in total. The average Bonchev–Trinajstić information content (AvgIpc) is 1.96. The molecule has 0 aliphatic carbocycles. The zero-order chi connectivity index (χ0) is 9.14. The zero-order valence-corrected chi connectivity index (χ0v) is 7.52. The van der Waals surface area contributed by atoms with Crippen LogP contribution in [0.15, 0.2) is 12.1 Å². The number of nitrogens with two attached hydrogens (primary N) is 1. The number of hydrogen-bond acceptors (Lipinski definition) is 1. The Morgan fingerprint density at radius 2 is 2.08 bits per heavy atom. The highest BCUT2D eigenvalue weighted by atomic mass is 19.1. The van der Waals surface area contributed by atoms with Crippen molar-refractivity contribution in [2.75, 3.05) is 5.73 Å². The van der Waals surface area contributed by atoms with Crippen molar-refractivity contribution in [2.45, 2.75) is 26.7 Å². The molecule has 2 N–H and O–H groups in total. The molecule has 0 unspecified atom stereocenters. The third-order valence-corrected chi connectivity index (χ3v) is 1.94. The number of aryl methyl sites for hydroxylation is 1. The molecule has 0 aliphatic heterocycles. The summed E-state index contributed by atoms with van der Waals surface area (Å²) in [6.45, 7) is 3.93. The Morgan fingerprint density at radius 1 is 1.42 bits per heavy atom. The Kier molecular flexibility index (Phi) is 2.69. The van der Waals surface area contributed by atoms with E-state index in [9.17, 15) is 4.39 Å². The number of anilines is 1. The normalized spacial score (nSPS) is 10.2. The molecule has 0 fully saturated rings. The summed E-state index contributed by atoms with van der Waals surface area (Å²) in [5.41, 5.74) is 7.74. The van der Waals surface area contributed by atoms with Crippen molar-refractivity contribution in [3.05, 3.63) is 29.1 Å². The van der Waals surface area contributed by atoms with Crippen LogP contribution in [0.5, 0.6) is 0 Å². The minimum absolute atomic E-state index is 0.172. The van der Waals surface area contributed by atoms with Crippen molar-refractivity contribution in [3.8, 4) is 0 Å². The highest BCUT2D eigenvalue weighted by Crippen LogP contribution is 2.18. The maximum absolute atomic E-state index is 13.2. The largest absolute Gasteiger partial charge is 0.399 e. The van der Waals surface area contributed by atoms with Crippen LogP contribution >= 0.6 is 0 Å². The van der Waals surface area contributed by atoms with Crippen LogP contribution < -0.4 is 5.73 Å². The second kappa shape index (κ2) is 3.57. The van der Waals surface area contributed by atoms with Gasteiger partial charge in [-0.25, -0.2) is 4.39 Å². The average molecular weight is 167 g/mol. The van der Waals surface area contributed by atoms with Crippen LogP contribution in [0.3, 0.4) is 0 Å². The lowest BCUT2D eigenvalue weighted by molar-refractivity contribution is 0.606. The summed E-state index contributed by atoms with van der Waals surface area (Å²) < 4.78 is 13.2. The van der Waals surface area contributed by atoms with Gasteiger partial charge in [-0.2, -0.15) is 0 Å². The number of hydrogen-bond donors (Lipinski definition) is 1. The first kappa shape index (κ1) is 9.04. The third-order valence-electron chi connectivity index (χ3n) is 1.94. The van der Waals surface area contributed by atoms with Crippen LogP contribution in [0, 0.1) is 12.7 Å². The predicted octanol–water partition coefficient (Wildman–Crippen LogP) is 2.67. The SMILES string of the molecule is CCCc1c(C)cc(N)cc1F. The Morgan fingerprint density at radius 3 is 2.58 bits per heavy atom. The molecular weight excluding hydrogens is 153 g/mol. The molecular formula is C10H14FN.